The van der Waals surface area contributed by atoms with E-state index in [1.165, 1.54) is 18.7 Å². The third kappa shape index (κ3) is 8.61. The molecule has 0 fully saturated rings. The molecular weight excluding hydrogens is 358 g/mol. The number of nitrogens with two attached hydrogens (primary N) is 1. The zero-order valence-electron chi connectivity index (χ0n) is 15.6. The SMILES string of the molecule is CC(=O)Nc1ccc(SC(C)C(=O)NC(C)(CN)CC(C)C)cc1.Cl. The number of nitrogens with one attached hydrogen (secondary N) is 2. The van der Waals surface area contributed by atoms with Crippen LogP contribution in [0.1, 0.15) is 41.0 Å². The van der Waals surface area contributed by atoms with Gasteiger partial charge >= 0.3 is 0 Å². The van der Waals surface area contributed by atoms with E-state index in [0.717, 1.165) is 17.0 Å². The molecule has 1 rings (SSSR count). The highest BCUT2D eigenvalue weighted by molar-refractivity contribution is 8.00. The molecule has 0 heterocycles. The van der Waals surface area contributed by atoms with E-state index >= 15 is 0 Å². The second-order valence-electron chi connectivity index (χ2n) is 6.82. The first-order valence-corrected chi connectivity index (χ1v) is 9.09. The summed E-state index contributed by atoms with van der Waals surface area (Å²) in [6.07, 6.45) is 0.845. The topological polar surface area (TPSA) is 84.2 Å². The first-order chi connectivity index (χ1) is 11.1. The summed E-state index contributed by atoms with van der Waals surface area (Å²) in [7, 11) is 0. The van der Waals surface area contributed by atoms with E-state index in [0.29, 0.717) is 12.5 Å². The minimum absolute atomic E-state index is 0. The molecule has 5 nitrogen and oxygen atoms in total. The number of anilines is 1. The van der Waals surface area contributed by atoms with Crippen LogP contribution in [0.2, 0.25) is 0 Å². The van der Waals surface area contributed by atoms with Crippen LogP contribution >= 0.6 is 24.2 Å². The highest BCUT2D eigenvalue weighted by Crippen LogP contribution is 2.26. The average molecular weight is 388 g/mol. The quantitative estimate of drug-likeness (QED) is 0.596. The van der Waals surface area contributed by atoms with Crippen LogP contribution in [0.3, 0.4) is 0 Å². The van der Waals surface area contributed by atoms with Gasteiger partial charge in [0.05, 0.1) is 5.25 Å². The number of carbonyl (C=O) groups excluding carboxylic acids is 2. The molecule has 0 spiro atoms. The molecule has 0 saturated carbocycles. The van der Waals surface area contributed by atoms with Crippen LogP contribution in [-0.4, -0.2) is 29.1 Å². The number of carbonyl (C=O) groups is 2. The van der Waals surface area contributed by atoms with Crippen molar-refractivity contribution in [3.05, 3.63) is 24.3 Å². The summed E-state index contributed by atoms with van der Waals surface area (Å²) < 4.78 is 0. The van der Waals surface area contributed by atoms with Crippen LogP contribution in [0.15, 0.2) is 29.2 Å². The van der Waals surface area contributed by atoms with Gasteiger partial charge in [-0.25, -0.2) is 0 Å². The molecular formula is C18H30ClN3O2S. The molecule has 0 aliphatic heterocycles. The first kappa shape index (κ1) is 23.8. The number of benzene rings is 1. The van der Waals surface area contributed by atoms with Crippen LogP contribution in [0.5, 0.6) is 0 Å². The lowest BCUT2D eigenvalue weighted by atomic mass is 9.90. The fourth-order valence-corrected chi connectivity index (χ4v) is 3.43. The molecule has 0 radical (unpaired) electrons. The summed E-state index contributed by atoms with van der Waals surface area (Å²) in [6.45, 7) is 10.0. The zero-order chi connectivity index (χ0) is 18.3. The van der Waals surface area contributed by atoms with Crippen LogP contribution in [0.25, 0.3) is 0 Å². The summed E-state index contributed by atoms with van der Waals surface area (Å²) in [4.78, 5) is 24.5. The van der Waals surface area contributed by atoms with Crippen molar-refractivity contribution >= 4 is 41.7 Å². The monoisotopic (exact) mass is 387 g/mol. The molecule has 142 valence electrons. The molecule has 2 unspecified atom stereocenters. The van der Waals surface area contributed by atoms with E-state index < -0.39 is 0 Å². The molecule has 1 aromatic carbocycles. The van der Waals surface area contributed by atoms with Gasteiger partial charge in [-0.15, -0.1) is 24.2 Å². The van der Waals surface area contributed by atoms with E-state index in [9.17, 15) is 9.59 Å². The van der Waals surface area contributed by atoms with Crippen molar-refractivity contribution in [3.63, 3.8) is 0 Å². The van der Waals surface area contributed by atoms with E-state index in [-0.39, 0.29) is 35.0 Å². The summed E-state index contributed by atoms with van der Waals surface area (Å²) in [5, 5.41) is 5.59. The third-order valence-electron chi connectivity index (χ3n) is 3.59. The van der Waals surface area contributed by atoms with Crippen molar-refractivity contribution < 1.29 is 9.59 Å². The van der Waals surface area contributed by atoms with Gasteiger partial charge in [-0.2, -0.15) is 0 Å². The zero-order valence-corrected chi connectivity index (χ0v) is 17.2. The van der Waals surface area contributed by atoms with Gasteiger partial charge in [-0.05, 0) is 50.5 Å². The number of hydrogen-bond donors (Lipinski definition) is 3. The van der Waals surface area contributed by atoms with Crippen LogP contribution in [0, 0.1) is 5.92 Å². The second-order valence-corrected chi connectivity index (χ2v) is 8.23. The van der Waals surface area contributed by atoms with Gasteiger partial charge in [0.1, 0.15) is 0 Å². The van der Waals surface area contributed by atoms with Crippen molar-refractivity contribution in [2.45, 2.75) is 56.7 Å². The molecule has 7 heteroatoms. The Balaban J connectivity index is 0.00000576. The Kier molecular flexibility index (Phi) is 10.2. The Morgan fingerprint density at radius 3 is 2.20 bits per heavy atom. The summed E-state index contributed by atoms with van der Waals surface area (Å²) in [5.74, 6) is 0.344. The lowest BCUT2D eigenvalue weighted by Crippen LogP contribution is -2.54. The van der Waals surface area contributed by atoms with E-state index in [4.69, 9.17) is 5.73 Å². The lowest BCUT2D eigenvalue weighted by molar-refractivity contribution is -0.122. The number of halogens is 1. The van der Waals surface area contributed by atoms with Gasteiger partial charge in [-0.1, -0.05) is 13.8 Å². The number of rotatable bonds is 8. The third-order valence-corrected chi connectivity index (χ3v) is 4.70. The summed E-state index contributed by atoms with van der Waals surface area (Å²) >= 11 is 1.48. The van der Waals surface area contributed by atoms with E-state index in [2.05, 4.69) is 24.5 Å². The van der Waals surface area contributed by atoms with Crippen LogP contribution in [-0.2, 0) is 9.59 Å². The fraction of sp³-hybridized carbons (Fsp3) is 0.556. The molecule has 0 saturated heterocycles. The van der Waals surface area contributed by atoms with Crippen molar-refractivity contribution in [3.8, 4) is 0 Å². The van der Waals surface area contributed by atoms with Gasteiger partial charge in [-0.3, -0.25) is 9.59 Å². The number of thioether (sulfide) groups is 1. The smallest absolute Gasteiger partial charge is 0.233 e. The minimum Gasteiger partial charge on any atom is -0.349 e. The Morgan fingerprint density at radius 1 is 1.20 bits per heavy atom. The molecule has 4 N–H and O–H groups in total. The molecule has 0 bridgehead atoms. The van der Waals surface area contributed by atoms with Crippen molar-refractivity contribution in [2.24, 2.45) is 11.7 Å². The normalized spacial score (nSPS) is 14.2. The lowest BCUT2D eigenvalue weighted by Gasteiger charge is -2.32. The number of amides is 2. The van der Waals surface area contributed by atoms with Gasteiger partial charge in [0.2, 0.25) is 11.8 Å². The van der Waals surface area contributed by atoms with E-state index in [1.54, 1.807) is 0 Å². The molecule has 0 aliphatic carbocycles. The highest BCUT2D eigenvalue weighted by atomic mass is 35.5. The molecule has 2 atom stereocenters. The Labute approximate surface area is 161 Å². The van der Waals surface area contributed by atoms with Gasteiger partial charge in [0.15, 0.2) is 0 Å². The first-order valence-electron chi connectivity index (χ1n) is 8.21. The van der Waals surface area contributed by atoms with Crippen molar-refractivity contribution in [1.29, 1.82) is 0 Å². The number of hydrogen-bond acceptors (Lipinski definition) is 4. The Hall–Kier alpha value is -1.24. The summed E-state index contributed by atoms with van der Waals surface area (Å²) in [5.41, 5.74) is 6.22. The van der Waals surface area contributed by atoms with Crippen molar-refractivity contribution in [2.75, 3.05) is 11.9 Å². The van der Waals surface area contributed by atoms with Gasteiger partial charge in [0.25, 0.3) is 0 Å². The molecule has 0 aromatic heterocycles. The fourth-order valence-electron chi connectivity index (χ4n) is 2.56. The summed E-state index contributed by atoms with van der Waals surface area (Å²) in [6, 6.07) is 7.46. The molecule has 1 aromatic rings. The van der Waals surface area contributed by atoms with Gasteiger partial charge in [0, 0.05) is 29.6 Å². The minimum atomic E-state index is -0.380. The van der Waals surface area contributed by atoms with E-state index in [1.807, 2.05) is 38.1 Å². The molecule has 2 amide bonds. The maximum absolute atomic E-state index is 12.5. The predicted octanol–water partition coefficient (Wildman–Crippen LogP) is 3.43. The van der Waals surface area contributed by atoms with Crippen molar-refractivity contribution in [1.82, 2.24) is 5.32 Å². The predicted molar refractivity (Wildman–Crippen MR) is 108 cm³/mol. The standard InChI is InChI=1S/C18H29N3O2S.ClH/c1-12(2)10-18(5,11-19)21-17(23)13(3)24-16-8-6-15(7-9-16)20-14(4)22;/h6-9,12-13H,10-11,19H2,1-5H3,(H,20,22)(H,21,23);1H. The molecule has 25 heavy (non-hydrogen) atoms. The second kappa shape index (κ2) is 10.7. The highest BCUT2D eigenvalue weighted by Gasteiger charge is 2.28. The maximum atomic E-state index is 12.5. The average Bonchev–Trinajstić information content (AvgIpc) is 2.47. The largest absolute Gasteiger partial charge is 0.349 e. The van der Waals surface area contributed by atoms with Crippen LogP contribution < -0.4 is 16.4 Å². The Morgan fingerprint density at radius 2 is 1.76 bits per heavy atom. The maximum Gasteiger partial charge on any atom is 0.233 e. The Bertz CT molecular complexity index is 566. The van der Waals surface area contributed by atoms with Gasteiger partial charge < -0.3 is 16.4 Å². The molecule has 0 aliphatic rings. The van der Waals surface area contributed by atoms with Crippen LogP contribution in [0.4, 0.5) is 5.69 Å².